The van der Waals surface area contributed by atoms with Crippen molar-refractivity contribution in [2.24, 2.45) is 5.41 Å². The first-order valence-corrected chi connectivity index (χ1v) is 7.38. The molecule has 2 atom stereocenters. The maximum atomic E-state index is 12.5. The van der Waals surface area contributed by atoms with Gasteiger partial charge in [-0.1, -0.05) is 29.8 Å². The first kappa shape index (κ1) is 15.0. The molecule has 110 valence electrons. The smallest absolute Gasteiger partial charge is 0.315 e. The number of rotatable bonds is 5. The van der Waals surface area contributed by atoms with E-state index in [1.54, 1.807) is 7.11 Å². The van der Waals surface area contributed by atoms with Crippen LogP contribution in [0.2, 0.25) is 0 Å². The van der Waals surface area contributed by atoms with Gasteiger partial charge >= 0.3 is 5.97 Å². The lowest BCUT2D eigenvalue weighted by Crippen LogP contribution is -2.42. The number of hydrogen-bond acceptors (Lipinski definition) is 3. The maximum Gasteiger partial charge on any atom is 0.315 e. The van der Waals surface area contributed by atoms with E-state index >= 15 is 0 Å². The van der Waals surface area contributed by atoms with Crippen LogP contribution >= 0.6 is 0 Å². The molecule has 1 fully saturated rings. The molecule has 1 aromatic carbocycles. The van der Waals surface area contributed by atoms with E-state index in [0.717, 1.165) is 19.3 Å². The molecule has 0 amide bonds. The van der Waals surface area contributed by atoms with Crippen molar-refractivity contribution in [3.8, 4) is 0 Å². The average Bonchev–Trinajstić information content (AvgIpc) is 2.85. The van der Waals surface area contributed by atoms with Crippen molar-refractivity contribution in [1.29, 1.82) is 0 Å². The number of methoxy groups -OCH3 is 1. The fourth-order valence-corrected chi connectivity index (χ4v) is 3.24. The van der Waals surface area contributed by atoms with Crippen molar-refractivity contribution >= 4 is 5.97 Å². The van der Waals surface area contributed by atoms with Gasteiger partial charge in [-0.05, 0) is 45.1 Å². The highest BCUT2D eigenvalue weighted by Crippen LogP contribution is 2.44. The quantitative estimate of drug-likeness (QED) is 0.774. The minimum absolute atomic E-state index is 0.0390. The molecular weight excluding hydrogens is 252 g/mol. The Kier molecular flexibility index (Phi) is 4.81. The van der Waals surface area contributed by atoms with E-state index in [-0.39, 0.29) is 12.1 Å². The maximum absolute atomic E-state index is 12.5. The zero-order valence-electron chi connectivity index (χ0n) is 12.6. The van der Waals surface area contributed by atoms with Gasteiger partial charge in [0.05, 0.1) is 18.1 Å². The van der Waals surface area contributed by atoms with Gasteiger partial charge in [0.1, 0.15) is 0 Å². The third-order valence-corrected chi connectivity index (χ3v) is 4.31. The summed E-state index contributed by atoms with van der Waals surface area (Å²) in [6.45, 7) is 4.34. The van der Waals surface area contributed by atoms with Gasteiger partial charge in [0.2, 0.25) is 0 Å². The summed E-state index contributed by atoms with van der Waals surface area (Å²) < 4.78 is 10.9. The molecule has 0 bridgehead atoms. The van der Waals surface area contributed by atoms with Gasteiger partial charge < -0.3 is 9.47 Å². The summed E-state index contributed by atoms with van der Waals surface area (Å²) in [6, 6.07) is 8.37. The Balaban J connectivity index is 2.27. The van der Waals surface area contributed by atoms with Gasteiger partial charge in [-0.15, -0.1) is 0 Å². The van der Waals surface area contributed by atoms with Crippen LogP contribution in [-0.4, -0.2) is 25.8 Å². The Morgan fingerprint density at radius 3 is 2.65 bits per heavy atom. The van der Waals surface area contributed by atoms with Crippen LogP contribution in [0, 0.1) is 12.3 Å². The summed E-state index contributed by atoms with van der Waals surface area (Å²) in [4.78, 5) is 12.5. The van der Waals surface area contributed by atoms with Crippen molar-refractivity contribution in [1.82, 2.24) is 0 Å². The van der Waals surface area contributed by atoms with Crippen molar-refractivity contribution < 1.29 is 14.3 Å². The topological polar surface area (TPSA) is 35.5 Å². The molecule has 3 nitrogen and oxygen atoms in total. The predicted molar refractivity (Wildman–Crippen MR) is 78.6 cm³/mol. The second kappa shape index (κ2) is 6.40. The molecule has 1 saturated carbocycles. The lowest BCUT2D eigenvalue weighted by atomic mass is 9.78. The molecular formula is C17H24O3. The van der Waals surface area contributed by atoms with Crippen molar-refractivity contribution in [2.75, 3.05) is 13.7 Å². The van der Waals surface area contributed by atoms with E-state index < -0.39 is 5.41 Å². The molecule has 0 N–H and O–H groups in total. The Morgan fingerprint density at radius 2 is 2.05 bits per heavy atom. The van der Waals surface area contributed by atoms with E-state index in [1.807, 2.05) is 6.92 Å². The van der Waals surface area contributed by atoms with Gasteiger partial charge in [0, 0.05) is 7.11 Å². The number of hydrogen-bond donors (Lipinski definition) is 0. The Bertz CT molecular complexity index is 452. The average molecular weight is 276 g/mol. The third kappa shape index (κ3) is 2.88. The lowest BCUT2D eigenvalue weighted by molar-refractivity contribution is -0.162. The fourth-order valence-electron chi connectivity index (χ4n) is 3.24. The van der Waals surface area contributed by atoms with E-state index in [2.05, 4.69) is 31.2 Å². The second-order valence-electron chi connectivity index (χ2n) is 5.66. The largest absolute Gasteiger partial charge is 0.465 e. The molecule has 0 radical (unpaired) electrons. The van der Waals surface area contributed by atoms with Crippen LogP contribution in [0.25, 0.3) is 0 Å². The molecule has 0 heterocycles. The number of carbonyl (C=O) groups excluding carboxylic acids is 1. The SMILES string of the molecule is CCOC(=O)C1(Cc2ccc(C)cc2)CCCC1OC. The minimum Gasteiger partial charge on any atom is -0.465 e. The zero-order chi connectivity index (χ0) is 14.6. The van der Waals surface area contributed by atoms with E-state index in [4.69, 9.17) is 9.47 Å². The highest BCUT2D eigenvalue weighted by Gasteiger charge is 2.50. The highest BCUT2D eigenvalue weighted by molar-refractivity contribution is 5.78. The van der Waals surface area contributed by atoms with Crippen LogP contribution in [-0.2, 0) is 20.7 Å². The summed E-state index contributed by atoms with van der Waals surface area (Å²) in [5, 5.41) is 0. The van der Waals surface area contributed by atoms with Crippen molar-refractivity contribution in [2.45, 2.75) is 45.6 Å². The molecule has 0 aromatic heterocycles. The first-order valence-electron chi connectivity index (χ1n) is 7.38. The Labute approximate surface area is 121 Å². The van der Waals surface area contributed by atoms with Crippen LogP contribution in [0.1, 0.15) is 37.3 Å². The molecule has 20 heavy (non-hydrogen) atoms. The molecule has 1 aliphatic rings. The molecule has 1 aliphatic carbocycles. The van der Waals surface area contributed by atoms with Crippen LogP contribution < -0.4 is 0 Å². The highest BCUT2D eigenvalue weighted by atomic mass is 16.5. The van der Waals surface area contributed by atoms with Crippen LogP contribution in [0.15, 0.2) is 24.3 Å². The summed E-state index contributed by atoms with van der Waals surface area (Å²) in [5.41, 5.74) is 1.89. The fraction of sp³-hybridized carbons (Fsp3) is 0.588. The minimum atomic E-state index is -0.514. The van der Waals surface area contributed by atoms with Crippen LogP contribution in [0.4, 0.5) is 0 Å². The number of benzene rings is 1. The van der Waals surface area contributed by atoms with Gasteiger partial charge in [-0.3, -0.25) is 4.79 Å². The second-order valence-corrected chi connectivity index (χ2v) is 5.66. The van der Waals surface area contributed by atoms with E-state index in [0.29, 0.717) is 13.0 Å². The van der Waals surface area contributed by atoms with Gasteiger partial charge in [0.15, 0.2) is 0 Å². The summed E-state index contributed by atoms with van der Waals surface area (Å²) >= 11 is 0. The molecule has 1 aromatic rings. The predicted octanol–water partition coefficient (Wildman–Crippen LogP) is 3.29. The number of esters is 1. The van der Waals surface area contributed by atoms with Gasteiger partial charge in [-0.25, -0.2) is 0 Å². The normalized spacial score (nSPS) is 25.6. The van der Waals surface area contributed by atoms with E-state index in [9.17, 15) is 4.79 Å². The molecule has 2 rings (SSSR count). The molecule has 2 unspecified atom stereocenters. The van der Waals surface area contributed by atoms with Gasteiger partial charge in [0.25, 0.3) is 0 Å². The van der Waals surface area contributed by atoms with Crippen LogP contribution in [0.5, 0.6) is 0 Å². The van der Waals surface area contributed by atoms with E-state index in [1.165, 1.54) is 11.1 Å². The number of ether oxygens (including phenoxy) is 2. The zero-order valence-corrected chi connectivity index (χ0v) is 12.6. The molecule has 0 aliphatic heterocycles. The van der Waals surface area contributed by atoms with Crippen LogP contribution in [0.3, 0.4) is 0 Å². The Morgan fingerprint density at radius 1 is 1.35 bits per heavy atom. The monoisotopic (exact) mass is 276 g/mol. The standard InChI is InChI=1S/C17H24O3/c1-4-20-16(18)17(11-5-6-15(17)19-3)12-14-9-7-13(2)8-10-14/h7-10,15H,4-6,11-12H2,1-3H3. The third-order valence-electron chi connectivity index (χ3n) is 4.31. The summed E-state index contributed by atoms with van der Waals surface area (Å²) in [5.74, 6) is -0.107. The number of aryl methyl sites for hydroxylation is 1. The molecule has 0 spiro atoms. The first-order chi connectivity index (χ1) is 9.62. The molecule has 3 heteroatoms. The Hall–Kier alpha value is -1.35. The lowest BCUT2D eigenvalue weighted by Gasteiger charge is -2.32. The summed E-state index contributed by atoms with van der Waals surface area (Å²) in [7, 11) is 1.69. The van der Waals surface area contributed by atoms with Crippen molar-refractivity contribution in [3.63, 3.8) is 0 Å². The number of carbonyl (C=O) groups is 1. The van der Waals surface area contributed by atoms with Crippen molar-refractivity contribution in [3.05, 3.63) is 35.4 Å². The molecule has 0 saturated heterocycles. The van der Waals surface area contributed by atoms with Gasteiger partial charge in [-0.2, -0.15) is 0 Å². The summed E-state index contributed by atoms with van der Waals surface area (Å²) in [6.07, 6.45) is 3.45.